The molecule has 0 spiro atoms. The molecule has 0 aliphatic rings. The van der Waals surface area contributed by atoms with E-state index in [0.29, 0.717) is 6.04 Å². The van der Waals surface area contributed by atoms with Crippen molar-refractivity contribution in [3.05, 3.63) is 16.3 Å². The number of thiophene rings is 1. The minimum absolute atomic E-state index is 0.458. The number of nitrogens with one attached hydrogen (secondary N) is 1. The number of rotatable bonds is 6. The van der Waals surface area contributed by atoms with Crippen LogP contribution in [-0.4, -0.2) is 13.7 Å². The summed E-state index contributed by atoms with van der Waals surface area (Å²) >= 11 is 1.77. The average Bonchev–Trinajstić information content (AvgIpc) is 2.65. The van der Waals surface area contributed by atoms with Crippen molar-refractivity contribution in [1.29, 1.82) is 0 Å². The fourth-order valence-electron chi connectivity index (χ4n) is 1.59. The summed E-state index contributed by atoms with van der Waals surface area (Å²) in [7, 11) is 1.74. The first-order valence-electron chi connectivity index (χ1n) is 5.18. The van der Waals surface area contributed by atoms with E-state index in [0.717, 1.165) is 12.3 Å². The molecule has 0 bridgehead atoms. The van der Waals surface area contributed by atoms with E-state index in [9.17, 15) is 0 Å². The highest BCUT2D eigenvalue weighted by molar-refractivity contribution is 7.10. The van der Waals surface area contributed by atoms with Crippen LogP contribution in [0.1, 0.15) is 37.6 Å². The molecular formula is C11H19NOS. The van der Waals surface area contributed by atoms with Crippen LogP contribution < -0.4 is 10.1 Å². The second kappa shape index (κ2) is 6.04. The maximum Gasteiger partial charge on any atom is 0.134 e. The molecule has 2 nitrogen and oxygen atoms in total. The second-order valence-electron chi connectivity index (χ2n) is 3.25. The molecule has 0 aliphatic heterocycles. The Bertz CT molecular complexity index is 254. The Morgan fingerprint density at radius 2 is 2.29 bits per heavy atom. The Morgan fingerprint density at radius 3 is 2.86 bits per heavy atom. The van der Waals surface area contributed by atoms with Crippen molar-refractivity contribution in [2.24, 2.45) is 0 Å². The summed E-state index contributed by atoms with van der Waals surface area (Å²) in [6, 6.07) is 2.50. The lowest BCUT2D eigenvalue weighted by molar-refractivity contribution is 0.400. The highest BCUT2D eigenvalue weighted by Crippen LogP contribution is 2.32. The van der Waals surface area contributed by atoms with Crippen molar-refractivity contribution < 1.29 is 4.74 Å². The predicted octanol–water partition coefficient (Wildman–Crippen LogP) is 3.21. The van der Waals surface area contributed by atoms with Crippen molar-refractivity contribution in [2.45, 2.75) is 32.7 Å². The molecule has 14 heavy (non-hydrogen) atoms. The van der Waals surface area contributed by atoms with E-state index >= 15 is 0 Å². The fourth-order valence-corrected chi connectivity index (χ4v) is 2.56. The molecule has 1 N–H and O–H groups in total. The van der Waals surface area contributed by atoms with Crippen LogP contribution in [0.2, 0.25) is 0 Å². The van der Waals surface area contributed by atoms with Crippen LogP contribution in [-0.2, 0) is 0 Å². The van der Waals surface area contributed by atoms with Crippen molar-refractivity contribution in [1.82, 2.24) is 5.32 Å². The van der Waals surface area contributed by atoms with Crippen LogP contribution >= 0.6 is 11.3 Å². The van der Waals surface area contributed by atoms with Crippen molar-refractivity contribution >= 4 is 11.3 Å². The first-order chi connectivity index (χ1) is 6.83. The molecule has 0 aliphatic carbocycles. The summed E-state index contributed by atoms with van der Waals surface area (Å²) in [5.74, 6) is 1.02. The molecule has 1 unspecified atom stereocenters. The Morgan fingerprint density at radius 1 is 1.50 bits per heavy atom. The van der Waals surface area contributed by atoms with Gasteiger partial charge in [-0.05, 0) is 24.4 Å². The van der Waals surface area contributed by atoms with Crippen molar-refractivity contribution in [2.75, 3.05) is 13.7 Å². The fraction of sp³-hybridized carbons (Fsp3) is 0.636. The third-order valence-electron chi connectivity index (χ3n) is 2.22. The number of ether oxygens (including phenoxy) is 1. The minimum atomic E-state index is 0.458. The van der Waals surface area contributed by atoms with E-state index in [1.165, 1.54) is 17.7 Å². The zero-order valence-corrected chi connectivity index (χ0v) is 9.99. The maximum absolute atomic E-state index is 5.33. The third kappa shape index (κ3) is 2.72. The van der Waals surface area contributed by atoms with Gasteiger partial charge in [-0.1, -0.05) is 20.3 Å². The van der Waals surface area contributed by atoms with Gasteiger partial charge in [0.1, 0.15) is 5.75 Å². The monoisotopic (exact) mass is 213 g/mol. The van der Waals surface area contributed by atoms with E-state index in [1.54, 1.807) is 18.4 Å². The van der Waals surface area contributed by atoms with E-state index in [2.05, 4.69) is 24.5 Å². The molecule has 1 atom stereocenters. The standard InChI is InChI=1S/C11H19NOS/c1-4-6-9(12-5-2)11-10(13-3)7-8-14-11/h7-9,12H,4-6H2,1-3H3. The van der Waals surface area contributed by atoms with Gasteiger partial charge in [-0.15, -0.1) is 11.3 Å². The van der Waals surface area contributed by atoms with Gasteiger partial charge >= 0.3 is 0 Å². The zero-order chi connectivity index (χ0) is 10.4. The first-order valence-corrected chi connectivity index (χ1v) is 6.06. The van der Waals surface area contributed by atoms with Gasteiger partial charge in [0.15, 0.2) is 0 Å². The molecular weight excluding hydrogens is 194 g/mol. The highest BCUT2D eigenvalue weighted by Gasteiger charge is 2.15. The predicted molar refractivity (Wildman–Crippen MR) is 62.2 cm³/mol. The van der Waals surface area contributed by atoms with Crippen LogP contribution in [0.25, 0.3) is 0 Å². The van der Waals surface area contributed by atoms with Crippen molar-refractivity contribution in [3.8, 4) is 5.75 Å². The first kappa shape index (κ1) is 11.5. The molecule has 1 rings (SSSR count). The van der Waals surface area contributed by atoms with E-state index in [4.69, 9.17) is 4.74 Å². The van der Waals surface area contributed by atoms with Gasteiger partial charge in [-0.2, -0.15) is 0 Å². The molecule has 1 heterocycles. The van der Waals surface area contributed by atoms with E-state index in [-0.39, 0.29) is 0 Å². The van der Waals surface area contributed by atoms with Gasteiger partial charge in [0, 0.05) is 6.04 Å². The summed E-state index contributed by atoms with van der Waals surface area (Å²) in [5, 5.41) is 5.58. The van der Waals surface area contributed by atoms with Gasteiger partial charge in [-0.25, -0.2) is 0 Å². The van der Waals surface area contributed by atoms with Gasteiger partial charge in [0.25, 0.3) is 0 Å². The van der Waals surface area contributed by atoms with E-state index in [1.807, 2.05) is 6.07 Å². The minimum Gasteiger partial charge on any atom is -0.496 e. The largest absolute Gasteiger partial charge is 0.496 e. The molecule has 0 amide bonds. The molecule has 1 aromatic rings. The van der Waals surface area contributed by atoms with Gasteiger partial charge < -0.3 is 10.1 Å². The Kier molecular flexibility index (Phi) is 4.98. The summed E-state index contributed by atoms with van der Waals surface area (Å²) in [6.07, 6.45) is 2.36. The Labute approximate surface area is 90.3 Å². The summed E-state index contributed by atoms with van der Waals surface area (Å²) in [4.78, 5) is 1.33. The maximum atomic E-state index is 5.33. The van der Waals surface area contributed by atoms with Gasteiger partial charge in [0.05, 0.1) is 12.0 Å². The molecule has 3 heteroatoms. The lowest BCUT2D eigenvalue weighted by Crippen LogP contribution is -2.20. The number of methoxy groups -OCH3 is 1. The summed E-state index contributed by atoms with van der Waals surface area (Å²) in [6.45, 7) is 5.36. The zero-order valence-electron chi connectivity index (χ0n) is 9.17. The molecule has 0 fully saturated rings. The van der Waals surface area contributed by atoms with Gasteiger partial charge in [-0.3, -0.25) is 0 Å². The smallest absolute Gasteiger partial charge is 0.134 e. The number of hydrogen-bond donors (Lipinski definition) is 1. The molecule has 80 valence electrons. The average molecular weight is 213 g/mol. The molecule has 0 radical (unpaired) electrons. The van der Waals surface area contributed by atoms with Crippen LogP contribution in [0.5, 0.6) is 5.75 Å². The Balaban J connectivity index is 2.75. The molecule has 0 aromatic carbocycles. The highest BCUT2D eigenvalue weighted by atomic mass is 32.1. The summed E-state index contributed by atoms with van der Waals surface area (Å²) < 4.78 is 5.33. The van der Waals surface area contributed by atoms with E-state index < -0.39 is 0 Å². The Hall–Kier alpha value is -0.540. The lowest BCUT2D eigenvalue weighted by Gasteiger charge is -2.16. The van der Waals surface area contributed by atoms with Crippen LogP contribution in [0.3, 0.4) is 0 Å². The van der Waals surface area contributed by atoms with Gasteiger partial charge in [0.2, 0.25) is 0 Å². The second-order valence-corrected chi connectivity index (χ2v) is 4.20. The molecule has 0 saturated carbocycles. The SMILES string of the molecule is CCCC(NCC)c1sccc1OC. The summed E-state index contributed by atoms with van der Waals surface area (Å²) in [5.41, 5.74) is 0. The van der Waals surface area contributed by atoms with Crippen LogP contribution in [0.15, 0.2) is 11.4 Å². The lowest BCUT2D eigenvalue weighted by atomic mass is 10.1. The topological polar surface area (TPSA) is 21.3 Å². The quantitative estimate of drug-likeness (QED) is 0.783. The van der Waals surface area contributed by atoms with Crippen LogP contribution in [0.4, 0.5) is 0 Å². The normalized spacial score (nSPS) is 12.8. The van der Waals surface area contributed by atoms with Crippen LogP contribution in [0, 0.1) is 0 Å². The molecule has 0 saturated heterocycles. The molecule has 1 aromatic heterocycles. The third-order valence-corrected chi connectivity index (χ3v) is 3.23. The number of hydrogen-bond acceptors (Lipinski definition) is 3. The van der Waals surface area contributed by atoms with Crippen molar-refractivity contribution in [3.63, 3.8) is 0 Å².